The number of benzene rings is 2. The Hall–Kier alpha value is -2.07. The Balaban J connectivity index is 1.79. The van der Waals surface area contributed by atoms with Crippen LogP contribution in [0.2, 0.25) is 0 Å². The standard InChI is InChI=1S/C19H22N2OS/c1-13-9-10-17-15(11-13)16(12-19(2,3)22-17)21-18(23)20-14-7-5-4-6-8-14/h4-11,16H,12H2,1-3H3,(H2,20,21,23). The molecule has 0 amide bonds. The minimum atomic E-state index is -0.220. The lowest BCUT2D eigenvalue weighted by molar-refractivity contribution is 0.0696. The van der Waals surface area contributed by atoms with Crippen LogP contribution in [0, 0.1) is 6.92 Å². The summed E-state index contributed by atoms with van der Waals surface area (Å²) >= 11 is 5.49. The number of hydrogen-bond acceptors (Lipinski definition) is 2. The maximum Gasteiger partial charge on any atom is 0.171 e. The predicted molar refractivity (Wildman–Crippen MR) is 99.0 cm³/mol. The van der Waals surface area contributed by atoms with Crippen LogP contribution >= 0.6 is 12.2 Å². The van der Waals surface area contributed by atoms with Crippen molar-refractivity contribution >= 4 is 23.0 Å². The Morgan fingerprint density at radius 2 is 1.91 bits per heavy atom. The molecule has 1 unspecified atom stereocenters. The average Bonchev–Trinajstić information content (AvgIpc) is 2.48. The van der Waals surface area contributed by atoms with Crippen LogP contribution in [0.15, 0.2) is 48.5 Å². The lowest BCUT2D eigenvalue weighted by Crippen LogP contribution is -2.42. The maximum atomic E-state index is 6.10. The lowest BCUT2D eigenvalue weighted by atomic mass is 9.89. The number of rotatable bonds is 2. The molecule has 2 aromatic carbocycles. The van der Waals surface area contributed by atoms with E-state index in [4.69, 9.17) is 17.0 Å². The van der Waals surface area contributed by atoms with Crippen molar-refractivity contribution in [3.8, 4) is 5.75 Å². The van der Waals surface area contributed by atoms with Crippen LogP contribution in [-0.4, -0.2) is 10.7 Å². The highest BCUT2D eigenvalue weighted by Gasteiger charge is 2.34. The normalized spacial score (nSPS) is 18.5. The van der Waals surface area contributed by atoms with E-state index in [-0.39, 0.29) is 11.6 Å². The molecule has 1 heterocycles. The molecule has 1 aliphatic heterocycles. The lowest BCUT2D eigenvalue weighted by Gasteiger charge is -2.38. The SMILES string of the molecule is Cc1ccc2c(c1)C(NC(=S)Nc1ccccc1)CC(C)(C)O2. The van der Waals surface area contributed by atoms with Gasteiger partial charge in [-0.25, -0.2) is 0 Å². The topological polar surface area (TPSA) is 33.3 Å². The van der Waals surface area contributed by atoms with E-state index in [1.807, 2.05) is 36.4 Å². The van der Waals surface area contributed by atoms with Crippen LogP contribution in [-0.2, 0) is 0 Å². The summed E-state index contributed by atoms with van der Waals surface area (Å²) in [5.41, 5.74) is 3.16. The van der Waals surface area contributed by atoms with Crippen molar-refractivity contribution in [2.75, 3.05) is 5.32 Å². The Kier molecular flexibility index (Phi) is 4.26. The molecule has 0 aromatic heterocycles. The summed E-state index contributed by atoms with van der Waals surface area (Å²) in [4.78, 5) is 0. The molecule has 4 heteroatoms. The molecular formula is C19H22N2OS. The Labute approximate surface area is 143 Å². The molecular weight excluding hydrogens is 304 g/mol. The van der Waals surface area contributed by atoms with Gasteiger partial charge in [-0.2, -0.15) is 0 Å². The van der Waals surface area contributed by atoms with Crippen LogP contribution in [0.1, 0.15) is 37.4 Å². The van der Waals surface area contributed by atoms with E-state index in [0.29, 0.717) is 5.11 Å². The van der Waals surface area contributed by atoms with Crippen LogP contribution < -0.4 is 15.4 Å². The van der Waals surface area contributed by atoms with E-state index in [1.165, 1.54) is 11.1 Å². The van der Waals surface area contributed by atoms with Gasteiger partial charge in [-0.1, -0.05) is 35.9 Å². The van der Waals surface area contributed by atoms with Crippen molar-refractivity contribution in [2.45, 2.75) is 38.8 Å². The molecule has 23 heavy (non-hydrogen) atoms. The van der Waals surface area contributed by atoms with Gasteiger partial charge in [0.1, 0.15) is 11.4 Å². The summed E-state index contributed by atoms with van der Waals surface area (Å²) in [5.74, 6) is 0.937. The number of anilines is 1. The van der Waals surface area contributed by atoms with E-state index < -0.39 is 0 Å². The highest BCUT2D eigenvalue weighted by molar-refractivity contribution is 7.80. The zero-order chi connectivity index (χ0) is 16.4. The minimum absolute atomic E-state index is 0.136. The van der Waals surface area contributed by atoms with Crippen molar-refractivity contribution in [1.29, 1.82) is 0 Å². The quantitative estimate of drug-likeness (QED) is 0.791. The fourth-order valence-electron chi connectivity index (χ4n) is 2.95. The summed E-state index contributed by atoms with van der Waals surface area (Å²) in [6.45, 7) is 6.31. The third-order valence-corrected chi connectivity index (χ3v) is 4.18. The van der Waals surface area contributed by atoms with E-state index >= 15 is 0 Å². The number of thiocarbonyl (C=S) groups is 1. The summed E-state index contributed by atoms with van der Waals surface area (Å²) in [6, 6.07) is 16.4. The van der Waals surface area contributed by atoms with Crippen molar-refractivity contribution in [3.05, 3.63) is 59.7 Å². The molecule has 1 aliphatic rings. The number of hydrogen-bond donors (Lipinski definition) is 2. The molecule has 0 radical (unpaired) electrons. The summed E-state index contributed by atoms with van der Waals surface area (Å²) < 4.78 is 6.10. The fraction of sp³-hybridized carbons (Fsp3) is 0.316. The van der Waals surface area contributed by atoms with Gasteiger partial charge in [-0.05, 0) is 51.2 Å². The van der Waals surface area contributed by atoms with E-state index in [0.717, 1.165) is 17.9 Å². The van der Waals surface area contributed by atoms with Gasteiger partial charge >= 0.3 is 0 Å². The highest BCUT2D eigenvalue weighted by atomic mass is 32.1. The molecule has 3 nitrogen and oxygen atoms in total. The molecule has 0 saturated heterocycles. The van der Waals surface area contributed by atoms with Crippen LogP contribution in [0.5, 0.6) is 5.75 Å². The Morgan fingerprint density at radius 3 is 2.65 bits per heavy atom. The van der Waals surface area contributed by atoms with Crippen molar-refractivity contribution in [2.24, 2.45) is 0 Å². The second-order valence-corrected chi connectivity index (χ2v) is 7.03. The first-order valence-electron chi connectivity index (χ1n) is 7.85. The monoisotopic (exact) mass is 326 g/mol. The number of ether oxygens (including phenoxy) is 1. The highest BCUT2D eigenvalue weighted by Crippen LogP contribution is 2.39. The molecule has 2 N–H and O–H groups in total. The number of para-hydroxylation sites is 1. The Morgan fingerprint density at radius 1 is 1.17 bits per heavy atom. The largest absolute Gasteiger partial charge is 0.487 e. The molecule has 0 saturated carbocycles. The molecule has 3 rings (SSSR count). The van der Waals surface area contributed by atoms with Gasteiger partial charge < -0.3 is 15.4 Å². The number of aryl methyl sites for hydroxylation is 1. The van der Waals surface area contributed by atoms with Gasteiger partial charge in [-0.15, -0.1) is 0 Å². The minimum Gasteiger partial charge on any atom is -0.487 e. The summed E-state index contributed by atoms with van der Waals surface area (Å²) in [5, 5.41) is 7.32. The average molecular weight is 326 g/mol. The first-order valence-corrected chi connectivity index (χ1v) is 8.26. The van der Waals surface area contributed by atoms with Crippen LogP contribution in [0.25, 0.3) is 0 Å². The van der Waals surface area contributed by atoms with Crippen LogP contribution in [0.3, 0.4) is 0 Å². The third-order valence-electron chi connectivity index (χ3n) is 3.96. The smallest absolute Gasteiger partial charge is 0.171 e. The summed E-state index contributed by atoms with van der Waals surface area (Å²) in [6.07, 6.45) is 0.861. The fourth-order valence-corrected chi connectivity index (χ4v) is 3.21. The maximum absolute atomic E-state index is 6.10. The first-order chi connectivity index (χ1) is 10.9. The summed E-state index contributed by atoms with van der Waals surface area (Å²) in [7, 11) is 0. The van der Waals surface area contributed by atoms with E-state index in [9.17, 15) is 0 Å². The molecule has 0 fully saturated rings. The van der Waals surface area contributed by atoms with Crippen molar-refractivity contribution < 1.29 is 4.74 Å². The molecule has 120 valence electrons. The van der Waals surface area contributed by atoms with E-state index in [1.54, 1.807) is 0 Å². The molecule has 0 spiro atoms. The third kappa shape index (κ3) is 3.82. The molecule has 1 atom stereocenters. The first kappa shape index (κ1) is 15.8. The predicted octanol–water partition coefficient (Wildman–Crippen LogP) is 4.58. The molecule has 2 aromatic rings. The van der Waals surface area contributed by atoms with Gasteiger partial charge in [0.05, 0.1) is 6.04 Å². The zero-order valence-electron chi connectivity index (χ0n) is 13.7. The van der Waals surface area contributed by atoms with Gasteiger partial charge in [0.2, 0.25) is 0 Å². The van der Waals surface area contributed by atoms with Crippen molar-refractivity contribution in [3.63, 3.8) is 0 Å². The second kappa shape index (κ2) is 6.20. The van der Waals surface area contributed by atoms with Gasteiger partial charge in [0, 0.05) is 17.7 Å². The number of fused-ring (bicyclic) bond motifs is 1. The Bertz CT molecular complexity index is 713. The molecule has 0 aliphatic carbocycles. The molecule has 0 bridgehead atoms. The van der Waals surface area contributed by atoms with Crippen LogP contribution in [0.4, 0.5) is 5.69 Å². The van der Waals surface area contributed by atoms with E-state index in [2.05, 4.69) is 43.5 Å². The van der Waals surface area contributed by atoms with Gasteiger partial charge in [-0.3, -0.25) is 0 Å². The zero-order valence-corrected chi connectivity index (χ0v) is 14.5. The van der Waals surface area contributed by atoms with Gasteiger partial charge in [0.15, 0.2) is 5.11 Å². The number of nitrogens with one attached hydrogen (secondary N) is 2. The van der Waals surface area contributed by atoms with Gasteiger partial charge in [0.25, 0.3) is 0 Å². The van der Waals surface area contributed by atoms with Crippen molar-refractivity contribution in [1.82, 2.24) is 5.32 Å². The second-order valence-electron chi connectivity index (χ2n) is 6.62.